The minimum absolute atomic E-state index is 0.0301. The number of nitrogens with zero attached hydrogens (tertiary/aromatic N) is 1. The predicted molar refractivity (Wildman–Crippen MR) is 124 cm³/mol. The molecule has 3 aromatic rings. The molecule has 0 spiro atoms. The summed E-state index contributed by atoms with van der Waals surface area (Å²) in [7, 11) is 4.64. The van der Waals surface area contributed by atoms with Crippen molar-refractivity contribution in [2.75, 3.05) is 0 Å². The Balaban J connectivity index is 0.000000277. The van der Waals surface area contributed by atoms with Crippen LogP contribution in [0.5, 0.6) is 0 Å². The number of pyridine rings is 1. The first kappa shape index (κ1) is 26.3. The molecule has 0 unspecified atom stereocenters. The van der Waals surface area contributed by atoms with Gasteiger partial charge in [0.1, 0.15) is 0 Å². The Morgan fingerprint density at radius 3 is 1.59 bits per heavy atom. The zero-order valence-electron chi connectivity index (χ0n) is 18.5. The molecule has 165 valence electrons. The van der Waals surface area contributed by atoms with E-state index in [2.05, 4.69) is 96.9 Å². The van der Waals surface area contributed by atoms with Gasteiger partial charge in [-0.15, -0.1) is 0 Å². The number of carboxylic acid groups (broad SMARTS) is 1. The average Bonchev–Trinajstić information content (AvgIpc) is 3.04. The van der Waals surface area contributed by atoms with Gasteiger partial charge in [0, 0.05) is 12.1 Å². The molecule has 0 atom stereocenters. The van der Waals surface area contributed by atoms with Crippen molar-refractivity contribution in [1.29, 1.82) is 0 Å². The van der Waals surface area contributed by atoms with Gasteiger partial charge in [-0.1, -0.05) is 88.4 Å². The van der Waals surface area contributed by atoms with Crippen LogP contribution in [-0.2, 0) is 17.9 Å². The Labute approximate surface area is 206 Å². The van der Waals surface area contributed by atoms with Crippen LogP contribution in [0.1, 0.15) is 43.7 Å². The van der Waals surface area contributed by atoms with E-state index < -0.39 is 5.97 Å². The number of aromatic carboxylic acids is 1. The molecule has 0 bridgehead atoms. The van der Waals surface area contributed by atoms with E-state index in [0.29, 0.717) is 0 Å². The van der Waals surface area contributed by atoms with Gasteiger partial charge >= 0.3 is 27.5 Å². The second kappa shape index (κ2) is 12.9. The molecule has 5 radical (unpaired) electrons. The molecule has 0 aliphatic heterocycles. The Morgan fingerprint density at radius 1 is 0.688 bits per heavy atom. The van der Waals surface area contributed by atoms with Crippen LogP contribution < -0.4 is 5.11 Å². The predicted octanol–water partition coefficient (Wildman–Crippen LogP) is 5.80. The van der Waals surface area contributed by atoms with Gasteiger partial charge in [0.15, 0.2) is 0 Å². The molecule has 1 saturated carbocycles. The Kier molecular flexibility index (Phi) is 10.6. The van der Waals surface area contributed by atoms with Crippen LogP contribution in [0.25, 0.3) is 11.1 Å². The maximum absolute atomic E-state index is 10.0. The number of hydrogen-bond donors (Lipinski definition) is 0. The zero-order chi connectivity index (χ0) is 23.7. The summed E-state index contributed by atoms with van der Waals surface area (Å²) < 4.78 is 0. The van der Waals surface area contributed by atoms with Crippen LogP contribution in [0.2, 0.25) is 0 Å². The monoisotopic (exact) mass is 623 g/mol. The number of hydrogen-bond acceptors (Lipinski definition) is 3. The quantitative estimate of drug-likeness (QED) is 0.371. The molecule has 1 aliphatic rings. The molecule has 5 heteroatoms. The number of carboxylic acids is 1. The summed E-state index contributed by atoms with van der Waals surface area (Å²) in [6.45, 7) is 8.91. The van der Waals surface area contributed by atoms with Crippen molar-refractivity contribution in [2.45, 2.75) is 27.7 Å². The van der Waals surface area contributed by atoms with Crippen LogP contribution >= 0.6 is 9.58 Å². The third kappa shape index (κ3) is 6.51. The van der Waals surface area contributed by atoms with Crippen molar-refractivity contribution in [3.8, 4) is 11.1 Å². The number of aromatic nitrogens is 1. The van der Waals surface area contributed by atoms with Crippen LogP contribution in [0.3, 0.4) is 0 Å². The molecule has 0 saturated heterocycles. The van der Waals surface area contributed by atoms with Gasteiger partial charge in [-0.05, 0) is 52.5 Å². The van der Waals surface area contributed by atoms with Gasteiger partial charge < -0.3 is 9.90 Å². The molecule has 0 N–H and O–H groups in total. The minimum atomic E-state index is -1.24. The molecular formula is C27H25ClIrNO2+. The van der Waals surface area contributed by atoms with E-state index in [9.17, 15) is 9.90 Å². The molecule has 2 aromatic carbocycles. The van der Waals surface area contributed by atoms with Crippen LogP contribution in [0, 0.1) is 29.6 Å². The summed E-state index contributed by atoms with van der Waals surface area (Å²) >= 11 is 1.47. The Bertz CT molecular complexity index is 936. The summed E-state index contributed by atoms with van der Waals surface area (Å²) in [5.41, 5.74) is 3.83. The van der Waals surface area contributed by atoms with Gasteiger partial charge in [0.25, 0.3) is 0 Å². The topological polar surface area (TPSA) is 53.0 Å². The normalized spacial score (nSPS) is 15.4. The number of carbonyl (C=O) groups excluding carboxylic acids is 1. The SMILES string of the molecule is C[C]1[C](C)[C](C)[C](c2ccc(-c3ccccc3)cc2)[C]1C.O=C([O-])c1ccccn1.[Cl][Ir+2]. The van der Waals surface area contributed by atoms with Crippen molar-refractivity contribution >= 4 is 15.6 Å². The van der Waals surface area contributed by atoms with Crippen molar-refractivity contribution in [2.24, 2.45) is 0 Å². The number of halogens is 1. The van der Waals surface area contributed by atoms with E-state index in [-0.39, 0.29) is 5.69 Å². The second-order valence-electron chi connectivity index (χ2n) is 7.32. The van der Waals surface area contributed by atoms with Crippen molar-refractivity contribution in [1.82, 2.24) is 4.98 Å². The van der Waals surface area contributed by atoms with Crippen molar-refractivity contribution in [3.63, 3.8) is 0 Å². The molecule has 3 nitrogen and oxygen atoms in total. The second-order valence-corrected chi connectivity index (χ2v) is 7.32. The van der Waals surface area contributed by atoms with Gasteiger partial charge in [-0.2, -0.15) is 0 Å². The summed E-state index contributed by atoms with van der Waals surface area (Å²) in [4.78, 5) is 13.5. The maximum atomic E-state index is 10.0. The Hall–Kier alpha value is -2.00. The molecule has 1 fully saturated rings. The first-order valence-electron chi connectivity index (χ1n) is 10.0. The molecule has 32 heavy (non-hydrogen) atoms. The summed E-state index contributed by atoms with van der Waals surface area (Å²) in [6, 6.07) is 24.1. The summed E-state index contributed by atoms with van der Waals surface area (Å²) in [5, 5.41) is 10.0. The van der Waals surface area contributed by atoms with Crippen LogP contribution in [0.15, 0.2) is 79.0 Å². The van der Waals surface area contributed by atoms with E-state index in [1.54, 1.807) is 12.1 Å². The summed E-state index contributed by atoms with van der Waals surface area (Å²) in [6.07, 6.45) is 1.41. The van der Waals surface area contributed by atoms with Crippen LogP contribution in [0.4, 0.5) is 0 Å². The number of rotatable bonds is 3. The fourth-order valence-corrected chi connectivity index (χ4v) is 3.60. The Morgan fingerprint density at radius 2 is 1.16 bits per heavy atom. The van der Waals surface area contributed by atoms with Crippen molar-refractivity contribution in [3.05, 3.63) is 120 Å². The first-order valence-corrected chi connectivity index (χ1v) is 13.0. The fraction of sp³-hybridized carbons (Fsp3) is 0.148. The van der Waals surface area contributed by atoms with Gasteiger partial charge in [0.05, 0.1) is 11.7 Å². The number of carbonyl (C=O) groups is 1. The van der Waals surface area contributed by atoms with E-state index >= 15 is 0 Å². The standard InChI is InChI=1S/C21H21.C6H5NO2.ClH.Ir/c1-14-15(2)17(4)21(16(14)3)20-12-10-19(11-13-20)18-8-6-5-7-9-18;8-6(9)5-3-1-2-4-7-5;;/h5-13H,1-4H3;1-4H,(H,8,9);1H;/q;;;+3/p-2. The van der Waals surface area contributed by atoms with Crippen LogP contribution in [-0.4, -0.2) is 11.0 Å². The van der Waals surface area contributed by atoms with Gasteiger partial charge in [-0.25, -0.2) is 0 Å². The molecule has 1 aromatic heterocycles. The molecular weight excluding hydrogens is 598 g/mol. The number of benzene rings is 2. The van der Waals surface area contributed by atoms with Gasteiger partial charge in [-0.3, -0.25) is 4.98 Å². The molecule has 1 heterocycles. The molecule has 0 amide bonds. The van der Waals surface area contributed by atoms with Gasteiger partial charge in [0.2, 0.25) is 0 Å². The first-order chi connectivity index (χ1) is 15.4. The van der Waals surface area contributed by atoms with E-state index in [1.807, 2.05) is 0 Å². The third-order valence-electron chi connectivity index (χ3n) is 5.59. The zero-order valence-corrected chi connectivity index (χ0v) is 21.6. The van der Waals surface area contributed by atoms with Crippen molar-refractivity contribution < 1.29 is 27.8 Å². The molecule has 4 rings (SSSR count). The van der Waals surface area contributed by atoms with E-state index in [4.69, 9.17) is 0 Å². The average molecular weight is 623 g/mol. The van der Waals surface area contributed by atoms with E-state index in [1.165, 1.54) is 76.4 Å². The fourth-order valence-electron chi connectivity index (χ4n) is 3.60. The summed E-state index contributed by atoms with van der Waals surface area (Å²) in [5.74, 6) is 5.85. The van der Waals surface area contributed by atoms with E-state index in [0.717, 1.165) is 0 Å². The third-order valence-corrected chi connectivity index (χ3v) is 5.59. The molecule has 1 aliphatic carbocycles.